The van der Waals surface area contributed by atoms with E-state index in [1.165, 1.54) is 11.8 Å². The molecule has 1 aliphatic heterocycles. The lowest BCUT2D eigenvalue weighted by Crippen LogP contribution is -2.39. The number of methoxy groups -OCH3 is 1. The number of carboxylic acids is 1. The highest BCUT2D eigenvalue weighted by Crippen LogP contribution is 2.27. The number of ether oxygens (including phenoxy) is 1. The van der Waals surface area contributed by atoms with Gasteiger partial charge in [0.1, 0.15) is 6.54 Å². The number of hydrogen-bond donors (Lipinski definition) is 1. The molecule has 0 unspecified atom stereocenters. The monoisotopic (exact) mass is 333 g/mol. The molecule has 3 heterocycles. The number of likely N-dealkylation sites (tertiary alicyclic amines) is 1. The van der Waals surface area contributed by atoms with Crippen LogP contribution in [0.3, 0.4) is 0 Å². The summed E-state index contributed by atoms with van der Waals surface area (Å²) >= 11 is 0. The zero-order valence-corrected chi connectivity index (χ0v) is 13.3. The van der Waals surface area contributed by atoms with Crippen LogP contribution in [0.2, 0.25) is 0 Å². The number of carbonyl (C=O) groups is 2. The number of carboxylic acid groups (broad SMARTS) is 1. The molecule has 0 aromatic carbocycles. The standard InChI is InChI=1S/C16H19N3O5/c1-23-15-5-4-13(24-15)16(22)18-7-2-3-11(9-18)12-6-8-19(17-12)10-14(20)21/h4-6,8,11H,2-3,7,9-10H2,1H3,(H,20,21)/t11-/m1/s1. The molecule has 1 saturated heterocycles. The van der Waals surface area contributed by atoms with Crippen LogP contribution in [-0.4, -0.2) is 51.9 Å². The van der Waals surface area contributed by atoms with Gasteiger partial charge in [-0.1, -0.05) is 0 Å². The van der Waals surface area contributed by atoms with Gasteiger partial charge in [-0.05, 0) is 25.0 Å². The first-order valence-electron chi connectivity index (χ1n) is 7.75. The number of amides is 1. The maximum absolute atomic E-state index is 12.5. The smallest absolute Gasteiger partial charge is 0.325 e. The molecule has 1 aliphatic rings. The normalized spacial score (nSPS) is 17.7. The molecular weight excluding hydrogens is 314 g/mol. The summed E-state index contributed by atoms with van der Waals surface area (Å²) in [5, 5.41) is 13.1. The Bertz CT molecular complexity index is 736. The number of furan rings is 1. The van der Waals surface area contributed by atoms with Crippen LogP contribution >= 0.6 is 0 Å². The fourth-order valence-corrected chi connectivity index (χ4v) is 2.93. The van der Waals surface area contributed by atoms with Crippen LogP contribution in [0.4, 0.5) is 0 Å². The van der Waals surface area contributed by atoms with Crippen molar-refractivity contribution in [1.82, 2.24) is 14.7 Å². The predicted molar refractivity (Wildman–Crippen MR) is 83.0 cm³/mol. The van der Waals surface area contributed by atoms with Gasteiger partial charge in [0, 0.05) is 31.3 Å². The molecule has 3 rings (SSSR count). The van der Waals surface area contributed by atoms with Gasteiger partial charge in [-0.3, -0.25) is 14.3 Å². The van der Waals surface area contributed by atoms with E-state index in [-0.39, 0.29) is 24.1 Å². The van der Waals surface area contributed by atoms with Gasteiger partial charge in [-0.25, -0.2) is 0 Å². The van der Waals surface area contributed by atoms with Crippen molar-refractivity contribution in [1.29, 1.82) is 0 Å². The van der Waals surface area contributed by atoms with Crippen molar-refractivity contribution in [2.24, 2.45) is 0 Å². The Morgan fingerprint density at radius 2 is 2.25 bits per heavy atom. The zero-order chi connectivity index (χ0) is 17.1. The molecule has 2 aromatic heterocycles. The first-order valence-corrected chi connectivity index (χ1v) is 7.75. The van der Waals surface area contributed by atoms with Gasteiger partial charge in [-0.15, -0.1) is 0 Å². The molecule has 0 spiro atoms. The van der Waals surface area contributed by atoms with Gasteiger partial charge in [0.2, 0.25) is 0 Å². The van der Waals surface area contributed by atoms with E-state index in [1.54, 1.807) is 23.2 Å². The van der Waals surface area contributed by atoms with E-state index < -0.39 is 5.97 Å². The number of nitrogens with zero attached hydrogens (tertiary/aromatic N) is 3. The highest BCUT2D eigenvalue weighted by atomic mass is 16.6. The third-order valence-corrected chi connectivity index (χ3v) is 4.08. The van der Waals surface area contributed by atoms with Crippen molar-refractivity contribution >= 4 is 11.9 Å². The molecule has 8 nitrogen and oxygen atoms in total. The van der Waals surface area contributed by atoms with E-state index in [0.29, 0.717) is 19.0 Å². The second-order valence-corrected chi connectivity index (χ2v) is 5.75. The van der Waals surface area contributed by atoms with Crippen molar-refractivity contribution in [3.05, 3.63) is 35.9 Å². The van der Waals surface area contributed by atoms with Crippen LogP contribution in [0, 0.1) is 0 Å². The van der Waals surface area contributed by atoms with E-state index in [4.69, 9.17) is 14.3 Å². The third kappa shape index (κ3) is 3.42. The average molecular weight is 333 g/mol. The summed E-state index contributed by atoms with van der Waals surface area (Å²) in [7, 11) is 1.48. The number of aromatic nitrogens is 2. The van der Waals surface area contributed by atoms with Crippen LogP contribution < -0.4 is 4.74 Å². The van der Waals surface area contributed by atoms with Gasteiger partial charge >= 0.3 is 5.97 Å². The van der Waals surface area contributed by atoms with E-state index in [1.807, 2.05) is 6.07 Å². The second kappa shape index (κ2) is 6.77. The minimum atomic E-state index is -0.933. The lowest BCUT2D eigenvalue weighted by molar-refractivity contribution is -0.137. The summed E-state index contributed by atoms with van der Waals surface area (Å²) in [6.07, 6.45) is 3.43. The highest BCUT2D eigenvalue weighted by molar-refractivity contribution is 5.91. The van der Waals surface area contributed by atoms with Crippen LogP contribution in [0.5, 0.6) is 5.95 Å². The fraction of sp³-hybridized carbons (Fsp3) is 0.438. The van der Waals surface area contributed by atoms with Gasteiger partial charge in [0.25, 0.3) is 11.9 Å². The Morgan fingerprint density at radius 1 is 1.42 bits per heavy atom. The van der Waals surface area contributed by atoms with Crippen LogP contribution in [0.25, 0.3) is 0 Å². The van der Waals surface area contributed by atoms with E-state index >= 15 is 0 Å². The average Bonchev–Trinajstić information content (AvgIpc) is 3.23. The summed E-state index contributed by atoms with van der Waals surface area (Å²) in [6.45, 7) is 1.03. The quantitative estimate of drug-likeness (QED) is 0.892. The number of hydrogen-bond acceptors (Lipinski definition) is 5. The molecule has 1 amide bonds. The molecule has 0 bridgehead atoms. The zero-order valence-electron chi connectivity index (χ0n) is 13.3. The van der Waals surface area contributed by atoms with Crippen LogP contribution in [-0.2, 0) is 11.3 Å². The number of aliphatic carboxylic acids is 1. The van der Waals surface area contributed by atoms with Crippen molar-refractivity contribution in [3.63, 3.8) is 0 Å². The first kappa shape index (κ1) is 16.1. The summed E-state index contributed by atoms with van der Waals surface area (Å²) in [5.74, 6) is -0.456. The summed E-state index contributed by atoms with van der Waals surface area (Å²) in [5.41, 5.74) is 0.811. The predicted octanol–water partition coefficient (Wildman–Crippen LogP) is 1.59. The molecule has 24 heavy (non-hydrogen) atoms. The summed E-state index contributed by atoms with van der Waals surface area (Å²) in [6, 6.07) is 5.03. The van der Waals surface area contributed by atoms with Crippen molar-refractivity contribution in [3.8, 4) is 5.95 Å². The maximum Gasteiger partial charge on any atom is 0.325 e. The van der Waals surface area contributed by atoms with Gasteiger partial charge in [0.15, 0.2) is 5.76 Å². The van der Waals surface area contributed by atoms with Crippen molar-refractivity contribution in [2.75, 3.05) is 20.2 Å². The number of rotatable bonds is 5. The number of carbonyl (C=O) groups excluding carboxylic acids is 1. The Balaban J connectivity index is 1.68. The number of piperidine rings is 1. The molecule has 0 radical (unpaired) electrons. The summed E-state index contributed by atoms with van der Waals surface area (Å²) in [4.78, 5) is 25.0. The molecular formula is C16H19N3O5. The highest BCUT2D eigenvalue weighted by Gasteiger charge is 2.28. The first-order chi connectivity index (χ1) is 11.6. The second-order valence-electron chi connectivity index (χ2n) is 5.75. The fourth-order valence-electron chi connectivity index (χ4n) is 2.93. The van der Waals surface area contributed by atoms with Crippen molar-refractivity contribution in [2.45, 2.75) is 25.3 Å². The minimum absolute atomic E-state index is 0.0922. The van der Waals surface area contributed by atoms with E-state index in [0.717, 1.165) is 18.5 Å². The molecule has 1 atom stereocenters. The van der Waals surface area contributed by atoms with Crippen molar-refractivity contribution < 1.29 is 23.8 Å². The minimum Gasteiger partial charge on any atom is -0.480 e. The van der Waals surface area contributed by atoms with E-state index in [9.17, 15) is 9.59 Å². The molecule has 0 aliphatic carbocycles. The molecule has 1 fully saturated rings. The Kier molecular flexibility index (Phi) is 4.54. The molecule has 1 N–H and O–H groups in total. The SMILES string of the molecule is COc1ccc(C(=O)N2CCC[C@@H](c3ccn(CC(=O)O)n3)C2)o1. The molecule has 0 saturated carbocycles. The van der Waals surface area contributed by atoms with Crippen LogP contribution in [0.1, 0.15) is 35.0 Å². The largest absolute Gasteiger partial charge is 0.480 e. The Labute approximate surface area is 138 Å². The van der Waals surface area contributed by atoms with Gasteiger partial charge in [0.05, 0.1) is 12.8 Å². The Hall–Kier alpha value is -2.77. The third-order valence-electron chi connectivity index (χ3n) is 4.08. The summed E-state index contributed by atoms with van der Waals surface area (Å²) < 4.78 is 11.7. The van der Waals surface area contributed by atoms with Gasteiger partial charge < -0.3 is 19.2 Å². The lowest BCUT2D eigenvalue weighted by atomic mass is 9.95. The Morgan fingerprint density at radius 3 is 2.96 bits per heavy atom. The molecule has 128 valence electrons. The lowest BCUT2D eigenvalue weighted by Gasteiger charge is -2.31. The van der Waals surface area contributed by atoms with E-state index in [2.05, 4.69) is 5.10 Å². The van der Waals surface area contributed by atoms with Gasteiger partial charge in [-0.2, -0.15) is 5.10 Å². The molecule has 2 aromatic rings. The molecule has 8 heteroatoms. The maximum atomic E-state index is 12.5. The topological polar surface area (TPSA) is 97.8 Å². The van der Waals surface area contributed by atoms with Crippen LogP contribution in [0.15, 0.2) is 28.8 Å².